The van der Waals surface area contributed by atoms with Gasteiger partial charge in [-0.2, -0.15) is 0 Å². The van der Waals surface area contributed by atoms with E-state index in [1.54, 1.807) is 0 Å². The molecule has 0 aromatic heterocycles. The number of hydrogen-bond donors (Lipinski definition) is 5. The van der Waals surface area contributed by atoms with Crippen molar-refractivity contribution in [1.29, 1.82) is 0 Å². The predicted octanol–water partition coefficient (Wildman–Crippen LogP) is -3.17. The lowest BCUT2D eigenvalue weighted by Gasteiger charge is -2.19. The zero-order chi connectivity index (χ0) is 9.52. The van der Waals surface area contributed by atoms with Crippen molar-refractivity contribution in [3.05, 3.63) is 0 Å². The van der Waals surface area contributed by atoms with Crippen LogP contribution >= 0.6 is 0 Å². The molecule has 0 aromatic carbocycles. The maximum Gasteiger partial charge on any atom is 0.367 e. The Bertz CT molecular complexity index is 204. The molecule has 0 radical (unpaired) electrons. The van der Waals surface area contributed by atoms with Gasteiger partial charge in [0.05, 0.1) is 0 Å². The van der Waals surface area contributed by atoms with Crippen LogP contribution in [-0.2, 0) is 9.53 Å². The highest BCUT2D eigenvalue weighted by molar-refractivity contribution is 5.76. The first-order chi connectivity index (χ1) is 5.39. The van der Waals surface area contributed by atoms with E-state index in [-0.39, 0.29) is 0 Å². The van der Waals surface area contributed by atoms with Gasteiger partial charge in [0, 0.05) is 0 Å². The third-order valence-corrected chi connectivity index (χ3v) is 1.62. The Morgan fingerprint density at radius 3 is 2.00 bits per heavy atom. The first-order valence-corrected chi connectivity index (χ1v) is 3.07. The fourth-order valence-corrected chi connectivity index (χ4v) is 0.888. The van der Waals surface area contributed by atoms with Crippen molar-refractivity contribution in [1.82, 2.24) is 0 Å². The Kier molecular flexibility index (Phi) is 2.06. The van der Waals surface area contributed by atoms with Crippen LogP contribution in [0.2, 0.25) is 0 Å². The van der Waals surface area contributed by atoms with Gasteiger partial charge in [-0.3, -0.25) is 0 Å². The summed E-state index contributed by atoms with van der Waals surface area (Å²) in [5, 5.41) is 43.7. The van der Waals surface area contributed by atoms with Crippen LogP contribution in [-0.4, -0.2) is 55.8 Å². The van der Waals surface area contributed by atoms with Crippen LogP contribution in [0.15, 0.2) is 0 Å². The molecule has 0 spiro atoms. The van der Waals surface area contributed by atoms with E-state index in [1.807, 2.05) is 0 Å². The molecular formula is C5H8O7. The van der Waals surface area contributed by atoms with Gasteiger partial charge >= 0.3 is 5.97 Å². The van der Waals surface area contributed by atoms with Gasteiger partial charge in [-0.15, -0.1) is 0 Å². The highest BCUT2D eigenvalue weighted by Gasteiger charge is 2.58. The van der Waals surface area contributed by atoms with Crippen molar-refractivity contribution >= 4 is 5.97 Å². The lowest BCUT2D eigenvalue weighted by Crippen LogP contribution is -2.49. The second kappa shape index (κ2) is 2.64. The molecule has 12 heavy (non-hydrogen) atoms. The molecule has 1 fully saturated rings. The molecule has 5 N–H and O–H groups in total. The molecule has 0 aromatic rings. The Balaban J connectivity index is 2.89. The number of aliphatic carboxylic acids is 1. The quantitative estimate of drug-likeness (QED) is 0.288. The number of hydrogen-bond acceptors (Lipinski definition) is 6. The molecule has 1 aliphatic heterocycles. The number of carboxylic acid groups (broad SMARTS) is 1. The number of aliphatic hydroxyl groups excluding tert-OH is 3. The average molecular weight is 180 g/mol. The topological polar surface area (TPSA) is 127 Å². The van der Waals surface area contributed by atoms with E-state index in [9.17, 15) is 4.79 Å². The number of carbonyl (C=O) groups is 1. The monoisotopic (exact) mass is 180 g/mol. The number of carboxylic acids is 1. The van der Waals surface area contributed by atoms with Crippen molar-refractivity contribution in [3.63, 3.8) is 0 Å². The standard InChI is InChI=1S/C5H8O7/c6-1-2(7)5(11,4(9)10)12-3(1)8/h1-3,6-8,11H,(H,9,10). The van der Waals surface area contributed by atoms with Crippen LogP contribution in [0.3, 0.4) is 0 Å². The number of ether oxygens (including phenoxy) is 1. The van der Waals surface area contributed by atoms with Crippen molar-refractivity contribution in [3.8, 4) is 0 Å². The molecule has 1 saturated heterocycles. The third-order valence-electron chi connectivity index (χ3n) is 1.62. The van der Waals surface area contributed by atoms with Gasteiger partial charge in [0.2, 0.25) is 0 Å². The van der Waals surface area contributed by atoms with Gasteiger partial charge in [0.25, 0.3) is 5.79 Å². The molecule has 0 amide bonds. The maximum atomic E-state index is 10.3. The summed E-state index contributed by atoms with van der Waals surface area (Å²) in [6.07, 6.45) is -5.79. The van der Waals surface area contributed by atoms with Crippen LogP contribution in [0.4, 0.5) is 0 Å². The Morgan fingerprint density at radius 2 is 1.83 bits per heavy atom. The fraction of sp³-hybridized carbons (Fsp3) is 0.800. The molecule has 7 heteroatoms. The Hall–Kier alpha value is -0.730. The summed E-state index contributed by atoms with van der Waals surface area (Å²) in [7, 11) is 0. The largest absolute Gasteiger partial charge is 0.477 e. The molecule has 0 aliphatic carbocycles. The summed E-state index contributed by atoms with van der Waals surface area (Å²) in [5.74, 6) is -4.80. The van der Waals surface area contributed by atoms with Crippen molar-refractivity contribution in [2.75, 3.05) is 0 Å². The lowest BCUT2D eigenvalue weighted by atomic mass is 10.1. The summed E-state index contributed by atoms with van der Waals surface area (Å²) >= 11 is 0. The summed E-state index contributed by atoms with van der Waals surface area (Å²) in [5.41, 5.74) is 0. The van der Waals surface area contributed by atoms with E-state index in [1.165, 1.54) is 0 Å². The number of aliphatic hydroxyl groups is 4. The van der Waals surface area contributed by atoms with Gasteiger partial charge in [0.15, 0.2) is 12.4 Å². The summed E-state index contributed by atoms with van der Waals surface area (Å²) in [6.45, 7) is 0. The summed E-state index contributed by atoms with van der Waals surface area (Å²) < 4.78 is 4.05. The van der Waals surface area contributed by atoms with Crippen LogP contribution in [0.1, 0.15) is 0 Å². The summed E-state index contributed by atoms with van der Waals surface area (Å²) in [4.78, 5) is 10.3. The minimum atomic E-state index is -2.93. The van der Waals surface area contributed by atoms with Gasteiger partial charge in [-0.25, -0.2) is 4.79 Å². The summed E-state index contributed by atoms with van der Waals surface area (Å²) in [6, 6.07) is 0. The molecule has 70 valence electrons. The van der Waals surface area contributed by atoms with E-state index in [0.717, 1.165) is 0 Å². The van der Waals surface area contributed by atoms with Crippen LogP contribution in [0, 0.1) is 0 Å². The van der Waals surface area contributed by atoms with E-state index < -0.39 is 30.3 Å². The second-order valence-electron chi connectivity index (χ2n) is 2.45. The fourth-order valence-electron chi connectivity index (χ4n) is 0.888. The lowest BCUT2D eigenvalue weighted by molar-refractivity contribution is -0.259. The molecule has 1 rings (SSSR count). The van der Waals surface area contributed by atoms with Crippen LogP contribution in [0.5, 0.6) is 0 Å². The molecule has 4 atom stereocenters. The van der Waals surface area contributed by atoms with Crippen molar-refractivity contribution in [2.24, 2.45) is 0 Å². The zero-order valence-corrected chi connectivity index (χ0v) is 5.78. The molecule has 0 saturated carbocycles. The van der Waals surface area contributed by atoms with Crippen molar-refractivity contribution < 1.29 is 35.1 Å². The maximum absolute atomic E-state index is 10.3. The SMILES string of the molecule is O=C(O)C1(O)OC(O)C(O)C1O. The van der Waals surface area contributed by atoms with Gasteiger partial charge in [-0.05, 0) is 0 Å². The molecular weight excluding hydrogens is 172 g/mol. The highest BCUT2D eigenvalue weighted by atomic mass is 16.7. The first-order valence-electron chi connectivity index (χ1n) is 3.07. The molecule has 7 nitrogen and oxygen atoms in total. The van der Waals surface area contributed by atoms with Crippen molar-refractivity contribution in [2.45, 2.75) is 24.3 Å². The van der Waals surface area contributed by atoms with Crippen LogP contribution < -0.4 is 0 Å². The van der Waals surface area contributed by atoms with E-state index in [2.05, 4.69) is 4.74 Å². The third kappa shape index (κ3) is 1.08. The van der Waals surface area contributed by atoms with E-state index in [0.29, 0.717) is 0 Å². The Morgan fingerprint density at radius 1 is 1.33 bits per heavy atom. The van der Waals surface area contributed by atoms with Gasteiger partial charge in [0.1, 0.15) is 6.10 Å². The minimum Gasteiger partial charge on any atom is -0.477 e. The first kappa shape index (κ1) is 9.36. The molecule has 0 bridgehead atoms. The predicted molar refractivity (Wildman–Crippen MR) is 31.7 cm³/mol. The van der Waals surface area contributed by atoms with E-state index in [4.69, 9.17) is 25.5 Å². The smallest absolute Gasteiger partial charge is 0.367 e. The average Bonchev–Trinajstić information content (AvgIpc) is 2.17. The molecule has 4 unspecified atom stereocenters. The molecule has 1 aliphatic rings. The Labute approximate surface area is 66.4 Å². The van der Waals surface area contributed by atoms with Crippen LogP contribution in [0.25, 0.3) is 0 Å². The minimum absolute atomic E-state index is 1.83. The van der Waals surface area contributed by atoms with E-state index >= 15 is 0 Å². The zero-order valence-electron chi connectivity index (χ0n) is 5.78. The normalized spacial score (nSPS) is 47.8. The van der Waals surface area contributed by atoms with Gasteiger partial charge < -0.3 is 30.3 Å². The second-order valence-corrected chi connectivity index (χ2v) is 2.45. The highest BCUT2D eigenvalue weighted by Crippen LogP contribution is 2.27. The number of rotatable bonds is 1. The van der Waals surface area contributed by atoms with Gasteiger partial charge in [-0.1, -0.05) is 0 Å². The molecule has 1 heterocycles.